The Bertz CT molecular complexity index is 1260. The normalized spacial score (nSPS) is 20.9. The van der Waals surface area contributed by atoms with Crippen LogP contribution in [0.25, 0.3) is 22.3 Å². The average Bonchev–Trinajstić information content (AvgIpc) is 3.05. The molecule has 0 unspecified atom stereocenters. The summed E-state index contributed by atoms with van der Waals surface area (Å²) < 4.78 is 5.38. The second-order valence-electron chi connectivity index (χ2n) is 8.19. The number of carbonyl (C=O) groups excluding carboxylic acids is 1. The predicted octanol–water partition coefficient (Wildman–Crippen LogP) is 1.47. The molecule has 32 heavy (non-hydrogen) atoms. The van der Waals surface area contributed by atoms with E-state index in [2.05, 4.69) is 26.7 Å². The van der Waals surface area contributed by atoms with Crippen molar-refractivity contribution in [3.8, 4) is 23.1 Å². The number of likely N-dealkylation sites (N-methyl/N-ethyl adjacent to an activating group) is 1. The van der Waals surface area contributed by atoms with Gasteiger partial charge in [0.25, 0.3) is 5.91 Å². The highest BCUT2D eigenvalue weighted by Crippen LogP contribution is 2.29. The van der Waals surface area contributed by atoms with Gasteiger partial charge in [0.1, 0.15) is 11.8 Å². The highest BCUT2D eigenvalue weighted by atomic mass is 16.5. The maximum absolute atomic E-state index is 12.2. The number of carbonyl (C=O) groups is 1. The van der Waals surface area contributed by atoms with Crippen LogP contribution >= 0.6 is 0 Å². The van der Waals surface area contributed by atoms with Crippen LogP contribution in [0.5, 0.6) is 0 Å². The fraction of sp³-hybridized carbons (Fsp3) is 0.333. The lowest BCUT2D eigenvalue weighted by atomic mass is 10.0. The van der Waals surface area contributed by atoms with Gasteiger partial charge >= 0.3 is 0 Å². The minimum absolute atomic E-state index is 0.208. The molecule has 2 saturated heterocycles. The van der Waals surface area contributed by atoms with E-state index in [4.69, 9.17) is 9.72 Å². The van der Waals surface area contributed by atoms with Gasteiger partial charge in [-0.1, -0.05) is 24.0 Å². The number of hydrogen-bond acceptors (Lipinski definition) is 7. The summed E-state index contributed by atoms with van der Waals surface area (Å²) >= 11 is 0. The van der Waals surface area contributed by atoms with Crippen LogP contribution in [-0.2, 0) is 9.53 Å². The molecular formula is C24H23N5O3. The molecule has 8 heteroatoms. The number of rotatable bonds is 3. The van der Waals surface area contributed by atoms with E-state index in [1.807, 2.05) is 36.4 Å². The molecule has 2 aliphatic rings. The third-order valence-corrected chi connectivity index (χ3v) is 6.02. The predicted molar refractivity (Wildman–Crippen MR) is 120 cm³/mol. The van der Waals surface area contributed by atoms with Crippen molar-refractivity contribution in [1.82, 2.24) is 19.9 Å². The van der Waals surface area contributed by atoms with Gasteiger partial charge in [0.2, 0.25) is 5.60 Å². The van der Waals surface area contributed by atoms with Crippen molar-refractivity contribution in [3.63, 3.8) is 0 Å². The second kappa shape index (κ2) is 7.86. The topological polar surface area (TPSA) is 91.7 Å². The fourth-order valence-electron chi connectivity index (χ4n) is 3.98. The van der Waals surface area contributed by atoms with E-state index >= 15 is 0 Å². The average molecular weight is 429 g/mol. The van der Waals surface area contributed by atoms with Gasteiger partial charge in [-0.25, -0.2) is 15.0 Å². The Balaban J connectivity index is 1.46. The molecule has 1 amide bonds. The first-order valence-electron chi connectivity index (χ1n) is 10.5. The van der Waals surface area contributed by atoms with E-state index in [1.165, 1.54) is 4.90 Å². The number of amides is 1. The molecule has 162 valence electrons. The van der Waals surface area contributed by atoms with Crippen molar-refractivity contribution in [1.29, 1.82) is 0 Å². The van der Waals surface area contributed by atoms with Crippen LogP contribution in [0, 0.1) is 11.8 Å². The Morgan fingerprint density at radius 1 is 1.22 bits per heavy atom. The first kappa shape index (κ1) is 20.4. The van der Waals surface area contributed by atoms with Crippen molar-refractivity contribution in [2.45, 2.75) is 18.1 Å². The summed E-state index contributed by atoms with van der Waals surface area (Å²) in [4.78, 5) is 29.4. The van der Waals surface area contributed by atoms with Crippen molar-refractivity contribution in [3.05, 3.63) is 48.3 Å². The molecule has 0 saturated carbocycles. The zero-order chi connectivity index (χ0) is 22.3. The summed E-state index contributed by atoms with van der Waals surface area (Å²) in [5.74, 6) is 6.17. The van der Waals surface area contributed by atoms with Crippen LogP contribution in [0.15, 0.2) is 42.7 Å². The number of methoxy groups -OCH3 is 1. The zero-order valence-electron chi connectivity index (χ0n) is 17.9. The lowest BCUT2D eigenvalue weighted by Gasteiger charge is -2.39. The lowest BCUT2D eigenvalue weighted by molar-refractivity contribution is -0.137. The van der Waals surface area contributed by atoms with Crippen molar-refractivity contribution in [2.24, 2.45) is 0 Å². The molecule has 0 radical (unpaired) electrons. The number of likely N-dealkylation sites (tertiary alicyclic amines) is 1. The summed E-state index contributed by atoms with van der Waals surface area (Å²) in [6.45, 7) is 2.05. The highest BCUT2D eigenvalue weighted by molar-refractivity contribution is 5.90. The van der Waals surface area contributed by atoms with Gasteiger partial charge in [-0.2, -0.15) is 0 Å². The Morgan fingerprint density at radius 2 is 2.06 bits per heavy atom. The van der Waals surface area contributed by atoms with Gasteiger partial charge in [-0.15, -0.1) is 0 Å². The van der Waals surface area contributed by atoms with Gasteiger partial charge in [0, 0.05) is 51.3 Å². The van der Waals surface area contributed by atoms with Gasteiger partial charge in [-0.05, 0) is 24.3 Å². The third kappa shape index (κ3) is 3.55. The van der Waals surface area contributed by atoms with E-state index in [-0.39, 0.29) is 12.0 Å². The van der Waals surface area contributed by atoms with Gasteiger partial charge in [0.15, 0.2) is 5.82 Å². The standard InChI is InChI=1S/C24H23N5O3/c1-28-11-10-24(31,23(28)30)9-8-16-4-3-5-17(12-16)19-6-7-20-21(27-19)22(26-15-25-20)29-13-18(14-29)32-2/h3-7,12,15,18,31H,10-11,13-14H2,1-2H3/t24-/m0/s1. The van der Waals surface area contributed by atoms with E-state index in [9.17, 15) is 9.90 Å². The molecule has 8 nitrogen and oxygen atoms in total. The number of aliphatic hydroxyl groups is 1. The van der Waals surface area contributed by atoms with Crippen molar-refractivity contribution in [2.75, 3.05) is 38.7 Å². The number of fused-ring (bicyclic) bond motifs is 1. The summed E-state index contributed by atoms with van der Waals surface area (Å²) in [7, 11) is 3.38. The summed E-state index contributed by atoms with van der Waals surface area (Å²) in [5.41, 5.74) is 2.27. The Kier molecular flexibility index (Phi) is 5.00. The first-order valence-corrected chi connectivity index (χ1v) is 10.5. The quantitative estimate of drug-likeness (QED) is 0.631. The van der Waals surface area contributed by atoms with Crippen molar-refractivity contribution < 1.29 is 14.6 Å². The molecule has 0 spiro atoms. The highest BCUT2D eigenvalue weighted by Gasteiger charge is 2.42. The Hall–Kier alpha value is -3.54. The Labute approximate surface area is 185 Å². The summed E-state index contributed by atoms with van der Waals surface area (Å²) in [6, 6.07) is 11.5. The molecule has 1 aromatic carbocycles. The van der Waals surface area contributed by atoms with E-state index in [0.29, 0.717) is 18.5 Å². The van der Waals surface area contributed by atoms with Gasteiger partial charge in [-0.3, -0.25) is 4.79 Å². The van der Waals surface area contributed by atoms with Gasteiger partial charge in [0.05, 0.1) is 17.3 Å². The van der Waals surface area contributed by atoms with Crippen LogP contribution in [0.4, 0.5) is 5.82 Å². The number of ether oxygens (including phenoxy) is 1. The molecule has 3 aromatic rings. The molecule has 0 bridgehead atoms. The summed E-state index contributed by atoms with van der Waals surface area (Å²) in [5, 5.41) is 10.5. The molecule has 2 aromatic heterocycles. The zero-order valence-corrected chi connectivity index (χ0v) is 17.9. The number of anilines is 1. The third-order valence-electron chi connectivity index (χ3n) is 6.02. The second-order valence-corrected chi connectivity index (χ2v) is 8.19. The number of benzene rings is 1. The molecular weight excluding hydrogens is 406 g/mol. The molecule has 2 fully saturated rings. The molecule has 1 N–H and O–H groups in total. The van der Waals surface area contributed by atoms with E-state index in [0.717, 1.165) is 41.2 Å². The number of aromatic nitrogens is 3. The molecule has 0 aliphatic carbocycles. The van der Waals surface area contributed by atoms with E-state index < -0.39 is 5.60 Å². The number of hydrogen-bond donors (Lipinski definition) is 1. The maximum Gasteiger partial charge on any atom is 0.267 e. The minimum atomic E-state index is -1.62. The minimum Gasteiger partial charge on any atom is -0.378 e. The molecule has 4 heterocycles. The lowest BCUT2D eigenvalue weighted by Crippen LogP contribution is -2.52. The number of pyridine rings is 1. The monoisotopic (exact) mass is 429 g/mol. The summed E-state index contributed by atoms with van der Waals surface area (Å²) in [6.07, 6.45) is 2.08. The van der Waals surface area contributed by atoms with Gasteiger partial charge < -0.3 is 19.6 Å². The van der Waals surface area contributed by atoms with Crippen LogP contribution in [0.3, 0.4) is 0 Å². The largest absolute Gasteiger partial charge is 0.378 e. The molecule has 1 atom stereocenters. The van der Waals surface area contributed by atoms with Crippen LogP contribution in [0.2, 0.25) is 0 Å². The van der Waals surface area contributed by atoms with E-state index in [1.54, 1.807) is 20.5 Å². The van der Waals surface area contributed by atoms with Crippen molar-refractivity contribution >= 4 is 22.8 Å². The smallest absolute Gasteiger partial charge is 0.267 e. The molecule has 2 aliphatic heterocycles. The Morgan fingerprint density at radius 3 is 2.81 bits per heavy atom. The maximum atomic E-state index is 12.2. The first-order chi connectivity index (χ1) is 15.5. The fourth-order valence-corrected chi connectivity index (χ4v) is 3.98. The molecule has 5 rings (SSSR count). The number of nitrogens with zero attached hydrogens (tertiary/aromatic N) is 5. The van der Waals surface area contributed by atoms with Crippen LogP contribution in [0.1, 0.15) is 12.0 Å². The van der Waals surface area contributed by atoms with Crippen LogP contribution in [-0.4, -0.2) is 76.4 Å². The SMILES string of the molecule is COC1CN(c2ncnc3ccc(-c4cccc(C#C[C@]5(O)CCN(C)C5=O)c4)nc23)C1. The van der Waals surface area contributed by atoms with Crippen LogP contribution < -0.4 is 4.90 Å².